The minimum atomic E-state index is -0.224. The van der Waals surface area contributed by atoms with Crippen LogP contribution in [0.4, 0.5) is 15.8 Å². The third-order valence-electron chi connectivity index (χ3n) is 2.75. The Hall–Kier alpha value is -0.660. The van der Waals surface area contributed by atoms with Gasteiger partial charge in [0.05, 0.1) is 11.4 Å². The third kappa shape index (κ3) is 4.43. The molecule has 0 aliphatic rings. The molecular weight excluding hydrogens is 386 g/mol. The molecule has 0 fully saturated rings. The van der Waals surface area contributed by atoms with E-state index in [1.165, 1.54) is 6.07 Å². The Bertz CT molecular complexity index is 590. The van der Waals surface area contributed by atoms with E-state index in [1.807, 2.05) is 11.4 Å². The van der Waals surface area contributed by atoms with Gasteiger partial charge in [-0.3, -0.25) is 0 Å². The van der Waals surface area contributed by atoms with E-state index >= 15 is 0 Å². The van der Waals surface area contributed by atoms with Crippen LogP contribution in [0.5, 0.6) is 0 Å². The van der Waals surface area contributed by atoms with E-state index in [2.05, 4.69) is 59.4 Å². The molecular formula is C15H18FIN2S. The van der Waals surface area contributed by atoms with Crippen LogP contribution >= 0.6 is 33.9 Å². The molecule has 2 rings (SSSR count). The molecule has 5 heteroatoms. The van der Waals surface area contributed by atoms with E-state index in [9.17, 15) is 4.39 Å². The van der Waals surface area contributed by atoms with Crippen LogP contribution in [0.15, 0.2) is 29.0 Å². The van der Waals surface area contributed by atoms with Gasteiger partial charge in [-0.25, -0.2) is 4.39 Å². The first-order valence-electron chi connectivity index (χ1n) is 6.37. The molecule has 108 valence electrons. The molecule has 2 nitrogen and oxygen atoms in total. The monoisotopic (exact) mass is 404 g/mol. The lowest BCUT2D eigenvalue weighted by atomic mass is 10.1. The molecule has 1 aromatic carbocycles. The topological polar surface area (TPSA) is 24.1 Å². The van der Waals surface area contributed by atoms with Crippen molar-refractivity contribution in [1.82, 2.24) is 5.32 Å². The van der Waals surface area contributed by atoms with Crippen LogP contribution in [-0.2, 0) is 6.54 Å². The highest BCUT2D eigenvalue weighted by Gasteiger charge is 2.12. The van der Waals surface area contributed by atoms with E-state index in [1.54, 1.807) is 17.4 Å². The van der Waals surface area contributed by atoms with Gasteiger partial charge >= 0.3 is 0 Å². The maximum Gasteiger partial charge on any atom is 0.147 e. The lowest BCUT2D eigenvalue weighted by Crippen LogP contribution is -2.35. The van der Waals surface area contributed by atoms with Gasteiger partial charge in [-0.15, -0.1) is 11.3 Å². The fraction of sp³-hybridized carbons (Fsp3) is 0.333. The minimum Gasteiger partial charge on any atom is -0.352 e. The molecule has 0 saturated carbocycles. The number of hydrogen-bond acceptors (Lipinski definition) is 3. The highest BCUT2D eigenvalue weighted by atomic mass is 127. The smallest absolute Gasteiger partial charge is 0.147 e. The first-order valence-corrected chi connectivity index (χ1v) is 8.39. The number of benzene rings is 1. The van der Waals surface area contributed by atoms with E-state index in [-0.39, 0.29) is 11.4 Å². The van der Waals surface area contributed by atoms with Gasteiger partial charge in [-0.2, -0.15) is 0 Å². The van der Waals surface area contributed by atoms with Gasteiger partial charge in [0.1, 0.15) is 5.82 Å². The fourth-order valence-electron chi connectivity index (χ4n) is 1.67. The molecule has 0 saturated heterocycles. The predicted molar refractivity (Wildman–Crippen MR) is 93.3 cm³/mol. The van der Waals surface area contributed by atoms with Crippen molar-refractivity contribution in [3.63, 3.8) is 0 Å². The molecule has 1 aromatic heterocycles. The second-order valence-electron chi connectivity index (χ2n) is 5.66. The zero-order valence-electron chi connectivity index (χ0n) is 11.8. The number of anilines is 2. The maximum atomic E-state index is 13.9. The summed E-state index contributed by atoms with van der Waals surface area (Å²) in [5, 5.41) is 10.7. The fourth-order valence-corrected chi connectivity index (χ4v) is 2.91. The molecule has 1 heterocycles. The molecule has 2 N–H and O–H groups in total. The summed E-state index contributed by atoms with van der Waals surface area (Å²) in [7, 11) is 0. The normalized spacial score (nSPS) is 11.7. The zero-order chi connectivity index (χ0) is 14.8. The molecule has 0 radical (unpaired) electrons. The molecule has 20 heavy (non-hydrogen) atoms. The number of hydrogen-bond donors (Lipinski definition) is 2. The summed E-state index contributed by atoms with van der Waals surface area (Å²) >= 11 is 3.72. The number of rotatable bonds is 4. The zero-order valence-corrected chi connectivity index (χ0v) is 14.7. The van der Waals surface area contributed by atoms with Crippen LogP contribution in [0.25, 0.3) is 0 Å². The van der Waals surface area contributed by atoms with Gasteiger partial charge in [0, 0.05) is 26.6 Å². The SMILES string of the molecule is CC(C)(C)NCc1cscc1Nc1ccc(I)cc1F. The van der Waals surface area contributed by atoms with Crippen molar-refractivity contribution in [2.75, 3.05) is 5.32 Å². The van der Waals surface area contributed by atoms with Crippen molar-refractivity contribution in [2.45, 2.75) is 32.9 Å². The van der Waals surface area contributed by atoms with Crippen molar-refractivity contribution in [1.29, 1.82) is 0 Å². The van der Waals surface area contributed by atoms with Crippen LogP contribution in [0, 0.1) is 9.39 Å². The van der Waals surface area contributed by atoms with Crippen LogP contribution in [-0.4, -0.2) is 5.54 Å². The van der Waals surface area contributed by atoms with E-state index in [0.29, 0.717) is 5.69 Å². The summed E-state index contributed by atoms with van der Waals surface area (Å²) in [6.07, 6.45) is 0. The number of halogens is 2. The molecule has 0 aliphatic heterocycles. The van der Waals surface area contributed by atoms with Gasteiger partial charge in [0.15, 0.2) is 0 Å². The third-order valence-corrected chi connectivity index (χ3v) is 4.22. The van der Waals surface area contributed by atoms with Gasteiger partial charge in [0.25, 0.3) is 0 Å². The highest BCUT2D eigenvalue weighted by Crippen LogP contribution is 2.27. The Morgan fingerprint density at radius 1 is 1.20 bits per heavy atom. The van der Waals surface area contributed by atoms with E-state index in [4.69, 9.17) is 0 Å². The average molecular weight is 404 g/mol. The van der Waals surface area contributed by atoms with Crippen molar-refractivity contribution in [3.8, 4) is 0 Å². The van der Waals surface area contributed by atoms with E-state index < -0.39 is 0 Å². The first kappa shape index (κ1) is 15.7. The Kier molecular flexibility index (Phi) is 5.04. The Morgan fingerprint density at radius 2 is 1.95 bits per heavy atom. The van der Waals surface area contributed by atoms with Gasteiger partial charge in [0.2, 0.25) is 0 Å². The Morgan fingerprint density at radius 3 is 2.60 bits per heavy atom. The Labute approximate surface area is 136 Å². The minimum absolute atomic E-state index is 0.0628. The van der Waals surface area contributed by atoms with Gasteiger partial charge < -0.3 is 10.6 Å². The standard InChI is InChI=1S/C15H18FIN2S/c1-15(2,3)18-7-10-8-20-9-14(10)19-13-5-4-11(17)6-12(13)16/h4-6,8-9,18-19H,7H2,1-3H3. The highest BCUT2D eigenvalue weighted by molar-refractivity contribution is 14.1. The largest absolute Gasteiger partial charge is 0.352 e. The van der Waals surface area contributed by atoms with Crippen molar-refractivity contribution in [3.05, 3.63) is 43.9 Å². The van der Waals surface area contributed by atoms with Crippen LogP contribution in [0.2, 0.25) is 0 Å². The second-order valence-corrected chi connectivity index (χ2v) is 7.65. The molecule has 0 atom stereocenters. The lowest BCUT2D eigenvalue weighted by molar-refractivity contribution is 0.425. The lowest BCUT2D eigenvalue weighted by Gasteiger charge is -2.20. The van der Waals surface area contributed by atoms with Gasteiger partial charge in [-0.1, -0.05) is 0 Å². The quantitative estimate of drug-likeness (QED) is 0.691. The van der Waals surface area contributed by atoms with E-state index in [0.717, 1.165) is 21.4 Å². The second kappa shape index (κ2) is 6.41. The Balaban J connectivity index is 2.12. The number of nitrogens with one attached hydrogen (secondary N) is 2. The average Bonchev–Trinajstić information content (AvgIpc) is 2.77. The van der Waals surface area contributed by atoms with Gasteiger partial charge in [-0.05, 0) is 66.9 Å². The molecule has 0 spiro atoms. The summed E-state index contributed by atoms with van der Waals surface area (Å²) in [5.41, 5.74) is 2.70. The van der Waals surface area contributed by atoms with Crippen molar-refractivity contribution in [2.24, 2.45) is 0 Å². The summed E-state index contributed by atoms with van der Waals surface area (Å²) < 4.78 is 14.8. The summed E-state index contributed by atoms with van der Waals surface area (Å²) in [6.45, 7) is 7.16. The van der Waals surface area contributed by atoms with Crippen molar-refractivity contribution < 1.29 is 4.39 Å². The van der Waals surface area contributed by atoms with Crippen LogP contribution in [0.1, 0.15) is 26.3 Å². The van der Waals surface area contributed by atoms with Crippen LogP contribution in [0.3, 0.4) is 0 Å². The maximum absolute atomic E-state index is 13.9. The summed E-state index contributed by atoms with van der Waals surface area (Å²) in [6, 6.07) is 5.20. The number of thiophene rings is 1. The molecule has 0 unspecified atom stereocenters. The van der Waals surface area contributed by atoms with Crippen molar-refractivity contribution >= 4 is 45.3 Å². The summed E-state index contributed by atoms with van der Waals surface area (Å²) in [4.78, 5) is 0. The molecule has 0 aliphatic carbocycles. The predicted octanol–water partition coefficient (Wildman–Crippen LogP) is 5.12. The molecule has 0 bridgehead atoms. The molecule has 0 amide bonds. The molecule has 2 aromatic rings. The van der Waals surface area contributed by atoms with Crippen LogP contribution < -0.4 is 10.6 Å². The summed E-state index contributed by atoms with van der Waals surface area (Å²) in [5.74, 6) is -0.224. The first-order chi connectivity index (χ1) is 9.35.